The van der Waals surface area contributed by atoms with E-state index in [0.717, 1.165) is 29.5 Å². The summed E-state index contributed by atoms with van der Waals surface area (Å²) in [5.74, 6) is 1.14. The molecule has 3 heteroatoms. The van der Waals surface area contributed by atoms with E-state index in [1.165, 1.54) is 62.5 Å². The number of nitrogens with one attached hydrogen (secondary N) is 1. The number of carbonyl (C=O) groups is 1. The molecule has 120 valence electrons. The Balaban J connectivity index is 1.43. The predicted octanol–water partition coefficient (Wildman–Crippen LogP) is 4.36. The van der Waals surface area contributed by atoms with Gasteiger partial charge in [0.2, 0.25) is 0 Å². The van der Waals surface area contributed by atoms with Crippen LogP contribution in [-0.2, 0) is 12.8 Å². The summed E-state index contributed by atoms with van der Waals surface area (Å²) in [7, 11) is 0. The van der Waals surface area contributed by atoms with E-state index in [1.54, 1.807) is 0 Å². The molecule has 0 unspecified atom stereocenters. The highest BCUT2D eigenvalue weighted by molar-refractivity contribution is 7.99. The van der Waals surface area contributed by atoms with Crippen molar-refractivity contribution in [2.45, 2.75) is 63.0 Å². The van der Waals surface area contributed by atoms with Crippen molar-refractivity contribution in [1.82, 2.24) is 5.32 Å². The normalized spacial score (nSPS) is 18.7. The summed E-state index contributed by atoms with van der Waals surface area (Å²) in [5.41, 5.74) is 3.66. The van der Waals surface area contributed by atoms with Gasteiger partial charge in [0.1, 0.15) is 0 Å². The van der Waals surface area contributed by atoms with Crippen LogP contribution >= 0.6 is 11.8 Å². The highest BCUT2D eigenvalue weighted by Crippen LogP contribution is 2.27. The topological polar surface area (TPSA) is 29.1 Å². The first-order valence-corrected chi connectivity index (χ1v) is 9.89. The van der Waals surface area contributed by atoms with Crippen molar-refractivity contribution in [3.05, 3.63) is 34.9 Å². The Morgan fingerprint density at radius 2 is 1.82 bits per heavy atom. The molecule has 0 aromatic heterocycles. The Hall–Kier alpha value is -0.960. The van der Waals surface area contributed by atoms with Crippen molar-refractivity contribution in [1.29, 1.82) is 0 Å². The van der Waals surface area contributed by atoms with Gasteiger partial charge in [-0.25, -0.2) is 0 Å². The SMILES string of the molecule is O=C(NCCSC1CCCCC1)c1ccc2c(c1)CCCC2. The van der Waals surface area contributed by atoms with Crippen molar-refractivity contribution in [2.24, 2.45) is 0 Å². The van der Waals surface area contributed by atoms with E-state index in [0.29, 0.717) is 0 Å². The highest BCUT2D eigenvalue weighted by atomic mass is 32.2. The van der Waals surface area contributed by atoms with Crippen LogP contribution in [0.25, 0.3) is 0 Å². The molecule has 0 bridgehead atoms. The van der Waals surface area contributed by atoms with Crippen LogP contribution in [0.3, 0.4) is 0 Å². The minimum Gasteiger partial charge on any atom is -0.351 e. The molecule has 1 saturated carbocycles. The molecule has 1 N–H and O–H groups in total. The molecule has 22 heavy (non-hydrogen) atoms. The maximum absolute atomic E-state index is 12.3. The molecule has 0 atom stereocenters. The smallest absolute Gasteiger partial charge is 0.251 e. The number of rotatable bonds is 5. The van der Waals surface area contributed by atoms with Crippen molar-refractivity contribution < 1.29 is 4.79 Å². The molecule has 1 aromatic rings. The number of amides is 1. The van der Waals surface area contributed by atoms with E-state index in [2.05, 4.69) is 17.4 Å². The summed E-state index contributed by atoms with van der Waals surface area (Å²) >= 11 is 2.04. The fourth-order valence-corrected chi connectivity index (χ4v) is 4.82. The molecule has 0 aliphatic heterocycles. The lowest BCUT2D eigenvalue weighted by atomic mass is 9.90. The maximum Gasteiger partial charge on any atom is 0.251 e. The molecular weight excluding hydrogens is 290 g/mol. The standard InChI is InChI=1S/C19H27NOS/c21-19(20-12-13-22-18-8-2-1-3-9-18)17-11-10-15-6-4-5-7-16(15)14-17/h10-11,14,18H,1-9,12-13H2,(H,20,21). The molecule has 0 saturated heterocycles. The van der Waals surface area contributed by atoms with Crippen LogP contribution in [0.2, 0.25) is 0 Å². The third-order valence-electron chi connectivity index (χ3n) is 4.90. The number of aryl methyl sites for hydroxylation is 2. The summed E-state index contributed by atoms with van der Waals surface area (Å²) in [4.78, 5) is 12.3. The van der Waals surface area contributed by atoms with Crippen LogP contribution in [0.15, 0.2) is 18.2 Å². The lowest BCUT2D eigenvalue weighted by Crippen LogP contribution is -2.26. The van der Waals surface area contributed by atoms with Crippen LogP contribution in [0, 0.1) is 0 Å². The minimum atomic E-state index is 0.0950. The summed E-state index contributed by atoms with van der Waals surface area (Å²) < 4.78 is 0. The Morgan fingerprint density at radius 1 is 1.05 bits per heavy atom. The molecule has 0 heterocycles. The quantitative estimate of drug-likeness (QED) is 0.818. The van der Waals surface area contributed by atoms with Gasteiger partial charge in [0.25, 0.3) is 5.91 Å². The Morgan fingerprint density at radius 3 is 2.64 bits per heavy atom. The molecule has 2 nitrogen and oxygen atoms in total. The molecule has 0 radical (unpaired) electrons. The second-order valence-corrected chi connectivity index (χ2v) is 7.99. The highest BCUT2D eigenvalue weighted by Gasteiger charge is 2.14. The Labute approximate surface area is 138 Å². The average Bonchev–Trinajstić information content (AvgIpc) is 2.59. The molecule has 3 rings (SSSR count). The van der Waals surface area contributed by atoms with Crippen LogP contribution in [-0.4, -0.2) is 23.5 Å². The fourth-order valence-electron chi connectivity index (χ4n) is 3.60. The van der Waals surface area contributed by atoms with E-state index in [4.69, 9.17) is 0 Å². The molecule has 1 fully saturated rings. The van der Waals surface area contributed by atoms with Crippen LogP contribution in [0.1, 0.15) is 66.4 Å². The zero-order chi connectivity index (χ0) is 15.2. The minimum absolute atomic E-state index is 0.0950. The van der Waals surface area contributed by atoms with E-state index in [1.807, 2.05) is 17.8 Å². The van der Waals surface area contributed by atoms with Crippen LogP contribution in [0.5, 0.6) is 0 Å². The fraction of sp³-hybridized carbons (Fsp3) is 0.632. The zero-order valence-electron chi connectivity index (χ0n) is 13.4. The van der Waals surface area contributed by atoms with Gasteiger partial charge in [-0.15, -0.1) is 0 Å². The van der Waals surface area contributed by atoms with E-state index in [-0.39, 0.29) is 5.91 Å². The Kier molecular flexibility index (Phi) is 5.82. The third-order valence-corrected chi connectivity index (χ3v) is 6.29. The van der Waals surface area contributed by atoms with Gasteiger partial charge < -0.3 is 5.32 Å². The number of thioether (sulfide) groups is 1. The first kappa shape index (κ1) is 15.9. The monoisotopic (exact) mass is 317 g/mol. The summed E-state index contributed by atoms with van der Waals surface area (Å²) in [5, 5.41) is 3.91. The number of hydrogen-bond acceptors (Lipinski definition) is 2. The van der Waals surface area contributed by atoms with E-state index >= 15 is 0 Å². The largest absolute Gasteiger partial charge is 0.351 e. The number of carbonyl (C=O) groups excluding carboxylic acids is 1. The summed E-state index contributed by atoms with van der Waals surface area (Å²) in [6, 6.07) is 6.26. The first-order valence-electron chi connectivity index (χ1n) is 8.84. The van der Waals surface area contributed by atoms with Gasteiger partial charge in [-0.3, -0.25) is 4.79 Å². The van der Waals surface area contributed by atoms with Gasteiger partial charge in [0.15, 0.2) is 0 Å². The molecular formula is C19H27NOS. The summed E-state index contributed by atoms with van der Waals surface area (Å²) in [6.07, 6.45) is 11.8. The predicted molar refractivity (Wildman–Crippen MR) is 94.7 cm³/mol. The molecule has 0 spiro atoms. The maximum atomic E-state index is 12.3. The summed E-state index contributed by atoms with van der Waals surface area (Å²) in [6.45, 7) is 0.789. The lowest BCUT2D eigenvalue weighted by molar-refractivity contribution is 0.0956. The van der Waals surface area contributed by atoms with Gasteiger partial charge >= 0.3 is 0 Å². The Bertz CT molecular complexity index is 508. The van der Waals surface area contributed by atoms with Crippen LogP contribution in [0.4, 0.5) is 0 Å². The van der Waals surface area contributed by atoms with Gasteiger partial charge in [-0.05, 0) is 61.8 Å². The van der Waals surface area contributed by atoms with E-state index < -0.39 is 0 Å². The number of fused-ring (bicyclic) bond motifs is 1. The first-order chi connectivity index (χ1) is 10.8. The molecule has 1 aromatic carbocycles. The van der Waals surface area contributed by atoms with Gasteiger partial charge in [-0.1, -0.05) is 25.3 Å². The molecule has 2 aliphatic carbocycles. The number of benzene rings is 1. The molecule has 2 aliphatic rings. The van der Waals surface area contributed by atoms with Crippen molar-refractivity contribution in [3.8, 4) is 0 Å². The second kappa shape index (κ2) is 8.05. The average molecular weight is 317 g/mol. The zero-order valence-corrected chi connectivity index (χ0v) is 14.2. The second-order valence-electron chi connectivity index (χ2n) is 6.58. The number of hydrogen-bond donors (Lipinski definition) is 1. The van der Waals surface area contributed by atoms with Gasteiger partial charge in [0, 0.05) is 23.1 Å². The van der Waals surface area contributed by atoms with Crippen LogP contribution < -0.4 is 5.32 Å². The van der Waals surface area contributed by atoms with Crippen molar-refractivity contribution in [3.63, 3.8) is 0 Å². The third kappa shape index (κ3) is 4.28. The van der Waals surface area contributed by atoms with Gasteiger partial charge in [-0.2, -0.15) is 11.8 Å². The van der Waals surface area contributed by atoms with Crippen molar-refractivity contribution >= 4 is 17.7 Å². The van der Waals surface area contributed by atoms with Crippen molar-refractivity contribution in [2.75, 3.05) is 12.3 Å². The van der Waals surface area contributed by atoms with Gasteiger partial charge in [0.05, 0.1) is 0 Å². The molecule has 1 amide bonds. The lowest BCUT2D eigenvalue weighted by Gasteiger charge is -2.21. The van der Waals surface area contributed by atoms with E-state index in [9.17, 15) is 4.79 Å².